The van der Waals surface area contributed by atoms with Gasteiger partial charge in [0.05, 0.1) is 18.0 Å². The largest absolute Gasteiger partial charge is 0.486 e. The van der Waals surface area contributed by atoms with Crippen molar-refractivity contribution in [3.05, 3.63) is 24.3 Å². The Kier molecular flexibility index (Phi) is 6.09. The molecule has 1 aromatic rings. The fourth-order valence-electron chi connectivity index (χ4n) is 1.60. The van der Waals surface area contributed by atoms with Crippen molar-refractivity contribution in [2.24, 2.45) is 4.99 Å². The molecule has 112 valence electrons. The number of hydrogen-bond acceptors (Lipinski definition) is 5. The lowest BCUT2D eigenvalue weighted by molar-refractivity contribution is 0.374. The van der Waals surface area contributed by atoms with Gasteiger partial charge in [0, 0.05) is 12.6 Å². The Morgan fingerprint density at radius 2 is 2.25 bits per heavy atom. The van der Waals surface area contributed by atoms with Gasteiger partial charge < -0.3 is 10.1 Å². The summed E-state index contributed by atoms with van der Waals surface area (Å²) in [5.41, 5.74) is 0.501. The van der Waals surface area contributed by atoms with Crippen molar-refractivity contribution in [3.63, 3.8) is 0 Å². The SMILES string of the molecule is CCS(=O)(=O)Nc1cccc(OCC2=NCCN2)c1.Cl. The van der Waals surface area contributed by atoms with Crippen molar-refractivity contribution < 1.29 is 13.2 Å². The van der Waals surface area contributed by atoms with Gasteiger partial charge in [0.25, 0.3) is 0 Å². The molecule has 1 aliphatic heterocycles. The highest BCUT2D eigenvalue weighted by molar-refractivity contribution is 7.92. The molecule has 0 aliphatic carbocycles. The first kappa shape index (κ1) is 16.6. The monoisotopic (exact) mass is 319 g/mol. The van der Waals surface area contributed by atoms with Crippen molar-refractivity contribution in [2.45, 2.75) is 6.92 Å². The highest BCUT2D eigenvalue weighted by Crippen LogP contribution is 2.18. The molecule has 2 N–H and O–H groups in total. The topological polar surface area (TPSA) is 79.8 Å². The molecule has 0 atom stereocenters. The van der Waals surface area contributed by atoms with Gasteiger partial charge in [-0.15, -0.1) is 12.4 Å². The fraction of sp³-hybridized carbons (Fsp3) is 0.417. The van der Waals surface area contributed by atoms with Crippen molar-refractivity contribution in [1.29, 1.82) is 0 Å². The summed E-state index contributed by atoms with van der Waals surface area (Å²) in [6.45, 7) is 3.57. The molecule has 8 heteroatoms. The van der Waals surface area contributed by atoms with E-state index in [1.54, 1.807) is 31.2 Å². The summed E-state index contributed by atoms with van der Waals surface area (Å²) in [4.78, 5) is 4.21. The molecule has 0 unspecified atom stereocenters. The van der Waals surface area contributed by atoms with Gasteiger partial charge in [-0.3, -0.25) is 9.71 Å². The quantitative estimate of drug-likeness (QED) is 0.827. The molecule has 6 nitrogen and oxygen atoms in total. The van der Waals surface area contributed by atoms with Crippen LogP contribution in [0.15, 0.2) is 29.3 Å². The number of amidine groups is 1. The van der Waals surface area contributed by atoms with Crippen LogP contribution in [0.3, 0.4) is 0 Å². The first-order valence-corrected chi connectivity index (χ1v) is 7.75. The number of rotatable bonds is 6. The number of hydrogen-bond donors (Lipinski definition) is 2. The molecule has 1 aromatic carbocycles. The lowest BCUT2D eigenvalue weighted by Crippen LogP contribution is -2.24. The van der Waals surface area contributed by atoms with Crippen LogP contribution in [0.2, 0.25) is 0 Å². The summed E-state index contributed by atoms with van der Waals surface area (Å²) in [6, 6.07) is 6.86. The molecule has 1 aliphatic rings. The molecule has 0 bridgehead atoms. The van der Waals surface area contributed by atoms with Crippen molar-refractivity contribution in [2.75, 3.05) is 30.2 Å². The van der Waals surface area contributed by atoms with Crippen LogP contribution in [0, 0.1) is 0 Å². The standard InChI is InChI=1S/C12H17N3O3S.ClH/c1-2-19(16,17)15-10-4-3-5-11(8-10)18-9-12-13-6-7-14-12;/h3-5,8,15H,2,6-7,9H2,1H3,(H,13,14);1H. The Bertz CT molecular complexity index is 575. The van der Waals surface area contributed by atoms with Gasteiger partial charge in [-0.1, -0.05) is 6.07 Å². The van der Waals surface area contributed by atoms with E-state index in [0.29, 0.717) is 18.0 Å². The Morgan fingerprint density at radius 1 is 1.45 bits per heavy atom. The van der Waals surface area contributed by atoms with E-state index in [4.69, 9.17) is 4.74 Å². The molecule has 2 rings (SSSR count). The number of halogens is 1. The Labute approximate surface area is 125 Å². The van der Waals surface area contributed by atoms with Crippen LogP contribution in [0.4, 0.5) is 5.69 Å². The van der Waals surface area contributed by atoms with Crippen LogP contribution in [-0.2, 0) is 10.0 Å². The smallest absolute Gasteiger partial charge is 0.232 e. The normalized spacial score (nSPS) is 13.9. The lowest BCUT2D eigenvalue weighted by Gasteiger charge is -2.09. The zero-order chi connectivity index (χ0) is 13.7. The number of nitrogens with zero attached hydrogens (tertiary/aromatic N) is 1. The Morgan fingerprint density at radius 3 is 2.90 bits per heavy atom. The highest BCUT2D eigenvalue weighted by Gasteiger charge is 2.08. The van der Waals surface area contributed by atoms with E-state index in [-0.39, 0.29) is 18.2 Å². The molecular weight excluding hydrogens is 302 g/mol. The minimum atomic E-state index is -3.26. The summed E-state index contributed by atoms with van der Waals surface area (Å²) in [5, 5.41) is 3.10. The first-order valence-electron chi connectivity index (χ1n) is 6.09. The summed E-state index contributed by atoms with van der Waals surface area (Å²) < 4.78 is 31.0. The van der Waals surface area contributed by atoms with Crippen LogP contribution in [0.25, 0.3) is 0 Å². The number of sulfonamides is 1. The van der Waals surface area contributed by atoms with Crippen LogP contribution >= 0.6 is 12.4 Å². The molecule has 0 radical (unpaired) electrons. The zero-order valence-corrected chi connectivity index (χ0v) is 12.8. The maximum atomic E-state index is 11.5. The molecule has 0 saturated carbocycles. The molecule has 1 heterocycles. The summed E-state index contributed by atoms with van der Waals surface area (Å²) >= 11 is 0. The second kappa shape index (κ2) is 7.35. The van der Waals surface area contributed by atoms with Gasteiger partial charge in [-0.2, -0.15) is 0 Å². The fourth-order valence-corrected chi connectivity index (χ4v) is 2.23. The second-order valence-corrected chi connectivity index (χ2v) is 6.09. The predicted molar refractivity (Wildman–Crippen MR) is 82.6 cm³/mol. The van der Waals surface area contributed by atoms with E-state index in [1.807, 2.05) is 0 Å². The molecule has 20 heavy (non-hydrogen) atoms. The third-order valence-corrected chi connectivity index (χ3v) is 3.91. The van der Waals surface area contributed by atoms with E-state index in [2.05, 4.69) is 15.0 Å². The number of ether oxygens (including phenoxy) is 1. The molecule has 0 fully saturated rings. The minimum Gasteiger partial charge on any atom is -0.486 e. The van der Waals surface area contributed by atoms with Crippen molar-refractivity contribution in [1.82, 2.24) is 5.32 Å². The van der Waals surface area contributed by atoms with Crippen LogP contribution in [0.5, 0.6) is 5.75 Å². The maximum absolute atomic E-state index is 11.5. The molecular formula is C12H18ClN3O3S. The Hall–Kier alpha value is -1.47. The van der Waals surface area contributed by atoms with Gasteiger partial charge in [-0.25, -0.2) is 8.42 Å². The predicted octanol–water partition coefficient (Wildman–Crippen LogP) is 1.25. The number of benzene rings is 1. The average Bonchev–Trinajstić information content (AvgIpc) is 2.89. The van der Waals surface area contributed by atoms with Crippen LogP contribution in [0.1, 0.15) is 6.92 Å². The average molecular weight is 320 g/mol. The maximum Gasteiger partial charge on any atom is 0.232 e. The van der Waals surface area contributed by atoms with Gasteiger partial charge in [0.15, 0.2) is 0 Å². The third kappa shape index (κ3) is 4.90. The number of anilines is 1. The highest BCUT2D eigenvalue weighted by atomic mass is 35.5. The molecule has 0 saturated heterocycles. The van der Waals surface area contributed by atoms with Crippen LogP contribution < -0.4 is 14.8 Å². The van der Waals surface area contributed by atoms with E-state index in [1.165, 1.54) is 0 Å². The van der Waals surface area contributed by atoms with Crippen LogP contribution in [-0.4, -0.2) is 39.7 Å². The van der Waals surface area contributed by atoms with E-state index >= 15 is 0 Å². The van der Waals surface area contributed by atoms with Gasteiger partial charge in [-0.05, 0) is 19.1 Å². The minimum absolute atomic E-state index is 0. The number of aliphatic imine (C=N–C) groups is 1. The van der Waals surface area contributed by atoms with E-state index < -0.39 is 10.0 Å². The number of nitrogens with one attached hydrogen (secondary N) is 2. The van der Waals surface area contributed by atoms with Gasteiger partial charge in [0.1, 0.15) is 18.2 Å². The summed E-state index contributed by atoms with van der Waals surface area (Å²) in [7, 11) is -3.26. The molecule has 0 aromatic heterocycles. The lowest BCUT2D eigenvalue weighted by atomic mass is 10.3. The van der Waals surface area contributed by atoms with Gasteiger partial charge in [0.2, 0.25) is 10.0 Å². The van der Waals surface area contributed by atoms with Crippen molar-refractivity contribution >= 4 is 34.0 Å². The molecule has 0 amide bonds. The van der Waals surface area contributed by atoms with Crippen molar-refractivity contribution in [3.8, 4) is 5.75 Å². The summed E-state index contributed by atoms with van der Waals surface area (Å²) in [5.74, 6) is 1.46. The second-order valence-electron chi connectivity index (χ2n) is 4.08. The third-order valence-electron chi connectivity index (χ3n) is 2.61. The summed E-state index contributed by atoms with van der Waals surface area (Å²) in [6.07, 6.45) is 0. The molecule has 0 spiro atoms. The Balaban J connectivity index is 0.00000200. The first-order chi connectivity index (χ1) is 9.09. The van der Waals surface area contributed by atoms with Gasteiger partial charge >= 0.3 is 0 Å². The zero-order valence-electron chi connectivity index (χ0n) is 11.1. The van der Waals surface area contributed by atoms with E-state index in [9.17, 15) is 8.42 Å². The van der Waals surface area contributed by atoms with E-state index in [0.717, 1.165) is 18.9 Å².